The number of carbonyl (C=O) groups excluding carboxylic acids is 1. The summed E-state index contributed by atoms with van der Waals surface area (Å²) < 4.78 is 0. The van der Waals surface area contributed by atoms with Crippen LogP contribution >= 0.6 is 0 Å². The topological polar surface area (TPSA) is 101 Å². The number of hydrogen-bond donors (Lipinski definition) is 4. The highest BCUT2D eigenvalue weighted by Crippen LogP contribution is 2.59. The average molecular weight is 640 g/mol. The molecule has 6 nitrogen and oxygen atoms in total. The number of aliphatic hydroxyl groups is 4. The van der Waals surface area contributed by atoms with Crippen molar-refractivity contribution in [1.82, 2.24) is 4.90 Å². The monoisotopic (exact) mass is 639 g/mol. The predicted octanol–water partition coefficient (Wildman–Crippen LogP) is 6.69. The molecule has 0 amide bonds. The molecule has 3 aromatic rings. The Labute approximate surface area is 280 Å². The van der Waals surface area contributed by atoms with E-state index >= 15 is 0 Å². The van der Waals surface area contributed by atoms with Crippen molar-refractivity contribution in [2.45, 2.75) is 95.9 Å². The average Bonchev–Trinajstić information content (AvgIpc) is 3.32. The number of aliphatic hydroxyl groups excluding tert-OH is 3. The summed E-state index contributed by atoms with van der Waals surface area (Å²) in [5.41, 5.74) is 4.92. The van der Waals surface area contributed by atoms with Crippen LogP contribution in [0.4, 0.5) is 0 Å². The zero-order valence-corrected chi connectivity index (χ0v) is 28.4. The fourth-order valence-electron chi connectivity index (χ4n) is 8.07. The molecule has 0 aromatic heterocycles. The van der Waals surface area contributed by atoms with Gasteiger partial charge in [0.15, 0.2) is 5.78 Å². The molecule has 3 aliphatic rings. The minimum absolute atomic E-state index is 0.0461. The smallest absolute Gasteiger partial charge is 0.193 e. The summed E-state index contributed by atoms with van der Waals surface area (Å²) >= 11 is 0. The largest absolute Gasteiger partial charge is 0.394 e. The van der Waals surface area contributed by atoms with Crippen LogP contribution in [0.25, 0.3) is 11.1 Å². The third-order valence-corrected chi connectivity index (χ3v) is 10.9. The molecule has 6 heteroatoms. The number of allylic oxidation sites excluding steroid dienone is 2. The van der Waals surface area contributed by atoms with E-state index in [1.807, 2.05) is 48.5 Å². The lowest BCUT2D eigenvalue weighted by atomic mass is 9.64. The van der Waals surface area contributed by atoms with E-state index in [-0.39, 0.29) is 18.3 Å². The maximum Gasteiger partial charge on any atom is 0.193 e. The highest BCUT2D eigenvalue weighted by molar-refractivity contribution is 6.10. The van der Waals surface area contributed by atoms with Crippen molar-refractivity contribution in [3.05, 3.63) is 107 Å². The molecule has 0 aliphatic heterocycles. The van der Waals surface area contributed by atoms with Gasteiger partial charge < -0.3 is 20.4 Å². The second-order valence-corrected chi connectivity index (χ2v) is 14.3. The summed E-state index contributed by atoms with van der Waals surface area (Å²) in [5, 5.41) is 43.5. The Hall–Kier alpha value is -3.13. The molecule has 1 fully saturated rings. The summed E-state index contributed by atoms with van der Waals surface area (Å²) in [7, 11) is 0. The van der Waals surface area contributed by atoms with Gasteiger partial charge in [0.2, 0.25) is 0 Å². The first-order valence-electron chi connectivity index (χ1n) is 17.5. The van der Waals surface area contributed by atoms with Crippen molar-refractivity contribution in [3.8, 4) is 11.1 Å². The molecular formula is C41H53NO5. The minimum Gasteiger partial charge on any atom is -0.394 e. The van der Waals surface area contributed by atoms with Crippen molar-refractivity contribution in [2.24, 2.45) is 5.41 Å². The fraction of sp³-hybridized carbons (Fsp3) is 0.488. The third kappa shape index (κ3) is 7.96. The Balaban J connectivity index is 1.57. The van der Waals surface area contributed by atoms with Crippen LogP contribution in [0, 0.1) is 5.41 Å². The molecule has 3 aromatic carbocycles. The van der Waals surface area contributed by atoms with Crippen LogP contribution in [0.1, 0.15) is 98.7 Å². The second kappa shape index (κ2) is 15.4. The number of nitrogens with zero attached hydrogens (tertiary/aromatic N) is 1. The molecule has 0 radical (unpaired) electrons. The number of benzene rings is 3. The van der Waals surface area contributed by atoms with E-state index in [1.165, 1.54) is 5.57 Å². The Morgan fingerprint density at radius 1 is 1.00 bits per heavy atom. The van der Waals surface area contributed by atoms with E-state index in [1.54, 1.807) is 0 Å². The molecule has 6 rings (SSSR count). The van der Waals surface area contributed by atoms with Crippen LogP contribution < -0.4 is 0 Å². The van der Waals surface area contributed by atoms with Gasteiger partial charge in [0.25, 0.3) is 0 Å². The predicted molar refractivity (Wildman–Crippen MR) is 189 cm³/mol. The van der Waals surface area contributed by atoms with E-state index in [0.29, 0.717) is 50.0 Å². The van der Waals surface area contributed by atoms with E-state index < -0.39 is 23.2 Å². The molecular weight excluding hydrogens is 586 g/mol. The number of rotatable bonds is 10. The van der Waals surface area contributed by atoms with Crippen molar-refractivity contribution in [3.63, 3.8) is 0 Å². The van der Waals surface area contributed by atoms with Crippen LogP contribution in [0.5, 0.6) is 0 Å². The zero-order chi connectivity index (χ0) is 33.6. The Morgan fingerprint density at radius 3 is 2.43 bits per heavy atom. The first-order chi connectivity index (χ1) is 22.6. The highest BCUT2D eigenvalue weighted by Gasteiger charge is 2.57. The molecule has 0 spiro atoms. The molecule has 0 saturated heterocycles. The number of fused-ring (bicyclic) bond motifs is 8. The highest BCUT2D eigenvalue weighted by atomic mass is 16.3. The maximum atomic E-state index is 14.4. The van der Waals surface area contributed by atoms with Gasteiger partial charge in [-0.05, 0) is 99.1 Å². The minimum atomic E-state index is -1.06. The van der Waals surface area contributed by atoms with Crippen LogP contribution in [0.3, 0.4) is 0 Å². The third-order valence-electron chi connectivity index (χ3n) is 10.9. The van der Waals surface area contributed by atoms with E-state index in [9.17, 15) is 25.2 Å². The lowest BCUT2D eigenvalue weighted by Crippen LogP contribution is -2.54. The quantitative estimate of drug-likeness (QED) is 0.146. The van der Waals surface area contributed by atoms with Crippen LogP contribution in [-0.2, 0) is 6.42 Å². The Kier molecular flexibility index (Phi) is 11.5. The molecule has 252 valence electrons. The molecule has 1 saturated carbocycles. The van der Waals surface area contributed by atoms with E-state index in [0.717, 1.165) is 54.4 Å². The van der Waals surface area contributed by atoms with Crippen molar-refractivity contribution in [1.29, 1.82) is 0 Å². The molecule has 0 heterocycles. The molecule has 3 aliphatic carbocycles. The standard InChI is InChI=1S/C41H53NO5/c1-4-23-42(26-35(45)27-43)28-41(47)22-20-38-36-19-13-30(24-34(44)18-12-29(2)9-8-21-40(38,41)3)25-37(36)39(46)33-16-14-32(15-17-33)31-10-6-5-7-11-31/h5-7,9-11,13-17,19,25,34-35,38,43-45,47H,4,8,12,18,20-24,26-28H2,1-3H3. The molecule has 2 bridgehead atoms. The van der Waals surface area contributed by atoms with Gasteiger partial charge in [0.05, 0.1) is 24.4 Å². The lowest BCUT2D eigenvalue weighted by molar-refractivity contribution is -0.0891. The van der Waals surface area contributed by atoms with Crippen molar-refractivity contribution < 1.29 is 25.2 Å². The lowest BCUT2D eigenvalue weighted by Gasteiger charge is -2.46. The Morgan fingerprint density at radius 2 is 1.72 bits per heavy atom. The first-order valence-corrected chi connectivity index (χ1v) is 17.5. The Bertz CT molecular complexity index is 1520. The zero-order valence-electron chi connectivity index (χ0n) is 28.4. The maximum absolute atomic E-state index is 14.4. The van der Waals surface area contributed by atoms with Gasteiger partial charge in [-0.2, -0.15) is 0 Å². The fourth-order valence-corrected chi connectivity index (χ4v) is 8.07. The SMILES string of the molecule is CCCN(CC(O)CO)CC1(O)CCC2c3ccc(cc3C(=O)c3ccc(-c4ccccc4)cc3)CC(O)CCC(C)=CCCC21C. The molecule has 4 N–H and O–H groups in total. The van der Waals surface area contributed by atoms with E-state index in [4.69, 9.17) is 0 Å². The van der Waals surface area contributed by atoms with Gasteiger partial charge in [-0.15, -0.1) is 0 Å². The number of hydrogen-bond acceptors (Lipinski definition) is 6. The van der Waals surface area contributed by atoms with Gasteiger partial charge in [0.1, 0.15) is 0 Å². The summed E-state index contributed by atoms with van der Waals surface area (Å²) in [5.74, 6) is -0.118. The molecule has 5 unspecified atom stereocenters. The summed E-state index contributed by atoms with van der Waals surface area (Å²) in [6, 6.07) is 24.0. The van der Waals surface area contributed by atoms with Crippen LogP contribution in [-0.4, -0.2) is 75.2 Å². The molecule has 5 atom stereocenters. The normalized spacial score (nSPS) is 25.7. The van der Waals surface area contributed by atoms with Crippen molar-refractivity contribution in [2.75, 3.05) is 26.2 Å². The van der Waals surface area contributed by atoms with E-state index in [2.05, 4.69) is 56.0 Å². The van der Waals surface area contributed by atoms with Gasteiger partial charge in [0, 0.05) is 29.6 Å². The van der Waals surface area contributed by atoms with Gasteiger partial charge in [-0.3, -0.25) is 9.69 Å². The number of carbonyl (C=O) groups is 1. The number of ketones is 1. The van der Waals surface area contributed by atoms with Gasteiger partial charge >= 0.3 is 0 Å². The second-order valence-electron chi connectivity index (χ2n) is 14.3. The summed E-state index contributed by atoms with van der Waals surface area (Å²) in [4.78, 5) is 16.5. The molecule has 47 heavy (non-hydrogen) atoms. The first kappa shape index (κ1) is 35.2. The summed E-state index contributed by atoms with van der Waals surface area (Å²) in [6.45, 7) is 7.47. The summed E-state index contributed by atoms with van der Waals surface area (Å²) in [6.07, 6.45) is 6.50. The van der Waals surface area contributed by atoms with Crippen LogP contribution in [0.15, 0.2) is 84.4 Å². The van der Waals surface area contributed by atoms with Gasteiger partial charge in [-0.1, -0.05) is 92.2 Å². The van der Waals surface area contributed by atoms with Gasteiger partial charge in [-0.25, -0.2) is 0 Å². The van der Waals surface area contributed by atoms with Crippen molar-refractivity contribution >= 4 is 5.78 Å². The van der Waals surface area contributed by atoms with Crippen LogP contribution in [0.2, 0.25) is 0 Å².